The Morgan fingerprint density at radius 3 is 2.71 bits per heavy atom. The van der Waals surface area contributed by atoms with E-state index >= 15 is 0 Å². The highest BCUT2D eigenvalue weighted by molar-refractivity contribution is 5.83. The number of nitrogens with one attached hydrogen (secondary N) is 2. The first kappa shape index (κ1) is 17.6. The predicted molar refractivity (Wildman–Crippen MR) is 104 cm³/mol. The normalized spacial score (nSPS) is 21.9. The molecule has 1 saturated carbocycles. The quantitative estimate of drug-likeness (QED) is 0.827. The molecule has 0 bridgehead atoms. The summed E-state index contributed by atoms with van der Waals surface area (Å²) in [6.07, 6.45) is 5.39. The number of hydrogen-bond donors (Lipinski definition) is 2. The molecule has 1 unspecified atom stereocenters. The second kappa shape index (κ2) is 7.13. The van der Waals surface area contributed by atoms with E-state index < -0.39 is 0 Å². The molecule has 2 aromatic rings. The number of aromatic amines is 1. The van der Waals surface area contributed by atoms with Crippen LogP contribution in [0.15, 0.2) is 23.0 Å². The first-order chi connectivity index (χ1) is 13.7. The van der Waals surface area contributed by atoms with Crippen LogP contribution >= 0.6 is 0 Å². The number of fused-ring (bicyclic) bond motifs is 2. The molecular weight excluding hydrogens is 358 g/mol. The van der Waals surface area contributed by atoms with Gasteiger partial charge in [-0.05, 0) is 30.9 Å². The van der Waals surface area contributed by atoms with Crippen LogP contribution in [-0.4, -0.2) is 41.7 Å². The molecule has 2 aliphatic heterocycles. The fraction of sp³-hybridized carbons (Fsp3) is 0.524. The van der Waals surface area contributed by atoms with Crippen molar-refractivity contribution >= 4 is 16.8 Å². The van der Waals surface area contributed by atoms with E-state index in [1.54, 1.807) is 6.07 Å². The smallest absolute Gasteiger partial charge is 0.252 e. The Balaban J connectivity index is 1.23. The van der Waals surface area contributed by atoms with E-state index in [2.05, 4.69) is 15.2 Å². The van der Waals surface area contributed by atoms with Gasteiger partial charge in [0.1, 0.15) is 0 Å². The summed E-state index contributed by atoms with van der Waals surface area (Å²) in [7, 11) is 0. The van der Waals surface area contributed by atoms with Crippen LogP contribution in [0.3, 0.4) is 0 Å². The Morgan fingerprint density at radius 1 is 1.11 bits per heavy atom. The number of nitrogens with zero attached hydrogens (tertiary/aromatic N) is 1. The van der Waals surface area contributed by atoms with Gasteiger partial charge in [-0.15, -0.1) is 0 Å². The number of hydrogen-bond acceptors (Lipinski definition) is 5. The lowest BCUT2D eigenvalue weighted by Gasteiger charge is -2.24. The molecular formula is C21H25N3O4. The number of carbonyl (C=O) groups is 1. The molecule has 7 nitrogen and oxygen atoms in total. The van der Waals surface area contributed by atoms with Crippen LogP contribution in [0.4, 0.5) is 0 Å². The monoisotopic (exact) mass is 383 g/mol. The lowest BCUT2D eigenvalue weighted by atomic mass is 10.1. The third-order valence-corrected chi connectivity index (χ3v) is 6.17. The van der Waals surface area contributed by atoms with Gasteiger partial charge >= 0.3 is 0 Å². The minimum absolute atomic E-state index is 0.103. The highest BCUT2D eigenvalue weighted by Crippen LogP contribution is 2.35. The molecule has 1 amide bonds. The molecule has 1 aromatic carbocycles. The van der Waals surface area contributed by atoms with E-state index in [0.717, 1.165) is 36.8 Å². The van der Waals surface area contributed by atoms with Crippen LogP contribution in [0.2, 0.25) is 0 Å². The van der Waals surface area contributed by atoms with E-state index in [0.29, 0.717) is 47.9 Å². The SMILES string of the molecule is O=C1CC(CNCc2cc3cc4c(cc3[nH]c2=O)OCO4)CN1C1CCCC1. The van der Waals surface area contributed by atoms with E-state index in [-0.39, 0.29) is 12.4 Å². The van der Waals surface area contributed by atoms with Crippen molar-refractivity contribution < 1.29 is 14.3 Å². The van der Waals surface area contributed by atoms with Crippen LogP contribution in [0, 0.1) is 5.92 Å². The second-order valence-electron chi connectivity index (χ2n) is 8.10. The second-order valence-corrected chi connectivity index (χ2v) is 8.10. The molecule has 148 valence electrons. The van der Waals surface area contributed by atoms with Crippen molar-refractivity contribution in [2.45, 2.75) is 44.7 Å². The number of benzene rings is 1. The van der Waals surface area contributed by atoms with Crippen molar-refractivity contribution in [2.24, 2.45) is 5.92 Å². The first-order valence-electron chi connectivity index (χ1n) is 10.1. The number of rotatable bonds is 5. The minimum atomic E-state index is -0.103. The lowest BCUT2D eigenvalue weighted by Crippen LogP contribution is -2.35. The molecule has 0 radical (unpaired) electrons. The maximum absolute atomic E-state index is 12.4. The number of pyridine rings is 1. The summed E-state index contributed by atoms with van der Waals surface area (Å²) in [6.45, 7) is 2.28. The zero-order valence-electron chi connectivity index (χ0n) is 15.8. The highest BCUT2D eigenvalue weighted by Gasteiger charge is 2.35. The molecule has 2 fully saturated rings. The molecule has 2 N–H and O–H groups in total. The lowest BCUT2D eigenvalue weighted by molar-refractivity contribution is -0.129. The highest BCUT2D eigenvalue weighted by atomic mass is 16.7. The Hall–Kier alpha value is -2.54. The third-order valence-electron chi connectivity index (χ3n) is 6.17. The molecule has 0 spiro atoms. The van der Waals surface area contributed by atoms with Crippen molar-refractivity contribution in [2.75, 3.05) is 19.9 Å². The van der Waals surface area contributed by atoms with Crippen molar-refractivity contribution in [3.8, 4) is 11.5 Å². The number of ether oxygens (including phenoxy) is 2. The molecule has 1 atom stereocenters. The van der Waals surface area contributed by atoms with Gasteiger partial charge in [-0.25, -0.2) is 0 Å². The Morgan fingerprint density at radius 2 is 1.89 bits per heavy atom. The van der Waals surface area contributed by atoms with Gasteiger partial charge < -0.3 is 24.7 Å². The summed E-state index contributed by atoms with van der Waals surface area (Å²) in [6, 6.07) is 6.05. The van der Waals surface area contributed by atoms with Crippen LogP contribution < -0.4 is 20.3 Å². The van der Waals surface area contributed by atoms with Crippen LogP contribution in [0.1, 0.15) is 37.7 Å². The summed E-state index contributed by atoms with van der Waals surface area (Å²) in [5, 5.41) is 4.30. The van der Waals surface area contributed by atoms with Crippen molar-refractivity contribution in [1.29, 1.82) is 0 Å². The van der Waals surface area contributed by atoms with Crippen LogP contribution in [-0.2, 0) is 11.3 Å². The number of H-pyrrole nitrogens is 1. The standard InChI is InChI=1S/C21H25N3O4/c25-20-5-13(11-24(20)16-3-1-2-4-16)9-22-10-15-6-14-7-18-19(28-12-27-18)8-17(14)23-21(15)26/h6-8,13,16,22H,1-5,9-12H2,(H,23,26). The molecule has 7 heteroatoms. The van der Waals surface area contributed by atoms with E-state index in [9.17, 15) is 9.59 Å². The Labute approximate surface area is 163 Å². The first-order valence-corrected chi connectivity index (χ1v) is 10.1. The van der Waals surface area contributed by atoms with Crippen LogP contribution in [0.25, 0.3) is 10.9 Å². The maximum atomic E-state index is 12.4. The summed E-state index contributed by atoms with van der Waals surface area (Å²) >= 11 is 0. The molecule has 3 aliphatic rings. The summed E-state index contributed by atoms with van der Waals surface area (Å²) in [4.78, 5) is 29.7. The fourth-order valence-corrected chi connectivity index (χ4v) is 4.70. The van der Waals surface area contributed by atoms with Gasteiger partial charge in [0.15, 0.2) is 11.5 Å². The van der Waals surface area contributed by atoms with Gasteiger partial charge in [0.25, 0.3) is 5.56 Å². The predicted octanol–water partition coefficient (Wildman–Crippen LogP) is 2.14. The fourth-order valence-electron chi connectivity index (χ4n) is 4.70. The molecule has 1 aliphatic carbocycles. The van der Waals surface area contributed by atoms with Gasteiger partial charge in [0.05, 0.1) is 5.52 Å². The van der Waals surface area contributed by atoms with E-state index in [4.69, 9.17) is 9.47 Å². The number of aromatic nitrogens is 1. The summed E-state index contributed by atoms with van der Waals surface area (Å²) in [5.41, 5.74) is 1.32. The maximum Gasteiger partial charge on any atom is 0.252 e. The molecule has 3 heterocycles. The average molecular weight is 383 g/mol. The van der Waals surface area contributed by atoms with Gasteiger partial charge in [0, 0.05) is 49.1 Å². The zero-order valence-corrected chi connectivity index (χ0v) is 15.8. The molecule has 5 rings (SSSR count). The molecule has 28 heavy (non-hydrogen) atoms. The molecule has 1 aromatic heterocycles. The Bertz CT molecular complexity index is 964. The largest absolute Gasteiger partial charge is 0.454 e. The van der Waals surface area contributed by atoms with E-state index in [1.165, 1.54) is 12.8 Å². The van der Waals surface area contributed by atoms with Crippen molar-refractivity contribution in [3.63, 3.8) is 0 Å². The number of carbonyl (C=O) groups excluding carboxylic acids is 1. The van der Waals surface area contributed by atoms with Gasteiger partial charge in [-0.2, -0.15) is 0 Å². The van der Waals surface area contributed by atoms with Crippen molar-refractivity contribution in [3.05, 3.63) is 34.1 Å². The third kappa shape index (κ3) is 3.24. The van der Waals surface area contributed by atoms with Gasteiger partial charge in [0.2, 0.25) is 12.7 Å². The minimum Gasteiger partial charge on any atom is -0.454 e. The summed E-state index contributed by atoms with van der Waals surface area (Å²) < 4.78 is 10.8. The topological polar surface area (TPSA) is 83.7 Å². The number of amides is 1. The van der Waals surface area contributed by atoms with E-state index in [1.807, 2.05) is 12.1 Å². The van der Waals surface area contributed by atoms with Crippen LogP contribution in [0.5, 0.6) is 11.5 Å². The summed E-state index contributed by atoms with van der Waals surface area (Å²) in [5.74, 6) is 1.97. The van der Waals surface area contributed by atoms with Gasteiger partial charge in [-0.3, -0.25) is 9.59 Å². The Kier molecular flexibility index (Phi) is 4.47. The number of likely N-dealkylation sites (tertiary alicyclic amines) is 1. The zero-order chi connectivity index (χ0) is 19.1. The molecule has 1 saturated heterocycles. The van der Waals surface area contributed by atoms with Crippen molar-refractivity contribution in [1.82, 2.24) is 15.2 Å². The average Bonchev–Trinajstić information content (AvgIpc) is 3.41. The van der Waals surface area contributed by atoms with Gasteiger partial charge in [-0.1, -0.05) is 12.8 Å².